The van der Waals surface area contributed by atoms with Crippen LogP contribution in [0.4, 0.5) is 18.9 Å². The number of nitriles is 1. The van der Waals surface area contributed by atoms with E-state index in [1.807, 2.05) is 0 Å². The Labute approximate surface area is 237 Å². The number of rotatable bonds is 5. The first-order valence-electron chi connectivity index (χ1n) is 13.1. The van der Waals surface area contributed by atoms with Gasteiger partial charge < -0.3 is 13.9 Å². The van der Waals surface area contributed by atoms with E-state index in [1.165, 1.54) is 6.07 Å². The molecule has 2 aliphatic rings. The van der Waals surface area contributed by atoms with Crippen LogP contribution in [0, 0.1) is 11.3 Å². The lowest BCUT2D eigenvalue weighted by Crippen LogP contribution is -2.46. The zero-order valence-electron chi connectivity index (χ0n) is 23.8. The minimum Gasteiger partial charge on any atom is -0.489 e. The van der Waals surface area contributed by atoms with Crippen molar-refractivity contribution in [2.75, 3.05) is 18.2 Å². The molecule has 0 spiro atoms. The van der Waals surface area contributed by atoms with E-state index in [1.54, 1.807) is 43.1 Å². The lowest BCUT2D eigenvalue weighted by molar-refractivity contribution is -0.138. The number of anilines is 1. The Kier molecular flexibility index (Phi) is 8.01. The third-order valence-electron chi connectivity index (χ3n) is 7.79. The summed E-state index contributed by atoms with van der Waals surface area (Å²) >= 11 is -1.84. The molecule has 0 aliphatic carbocycles. The summed E-state index contributed by atoms with van der Waals surface area (Å²) in [6.07, 6.45) is -4.23. The van der Waals surface area contributed by atoms with Crippen LogP contribution in [0.15, 0.2) is 41.3 Å². The molecule has 1 fully saturated rings. The van der Waals surface area contributed by atoms with Gasteiger partial charge in [0.2, 0.25) is 5.12 Å². The summed E-state index contributed by atoms with van der Waals surface area (Å²) in [6.45, 7) is 15.3. The summed E-state index contributed by atoms with van der Waals surface area (Å²) in [5.41, 5.74) is -1.98. The lowest BCUT2D eigenvalue weighted by atomic mass is 10.1. The van der Waals surface area contributed by atoms with E-state index in [9.17, 15) is 18.0 Å². The van der Waals surface area contributed by atoms with Crippen molar-refractivity contribution in [3.63, 3.8) is 0 Å². The fraction of sp³-hybridized carbons (Fsp3) is 0.500. The van der Waals surface area contributed by atoms with Gasteiger partial charge in [-0.3, -0.25) is 9.80 Å². The highest BCUT2D eigenvalue weighted by Crippen LogP contribution is 2.49. The van der Waals surface area contributed by atoms with Crippen molar-refractivity contribution < 1.29 is 31.9 Å². The maximum atomic E-state index is 13.6. The molecule has 40 heavy (non-hydrogen) atoms. The Morgan fingerprint density at radius 2 is 1.88 bits per heavy atom. The molecule has 0 bridgehead atoms. The molecule has 1 N–H and O–H groups in total. The Morgan fingerprint density at radius 1 is 1.18 bits per heavy atom. The molecule has 0 saturated carbocycles. The van der Waals surface area contributed by atoms with Gasteiger partial charge >= 0.3 is 6.18 Å². The predicted molar refractivity (Wildman–Crippen MR) is 152 cm³/mol. The Bertz CT molecular complexity index is 1340. The van der Waals surface area contributed by atoms with Crippen molar-refractivity contribution in [2.45, 2.75) is 81.9 Å². The lowest BCUT2D eigenvalue weighted by Gasteiger charge is -2.37. The summed E-state index contributed by atoms with van der Waals surface area (Å²) in [6, 6.07) is 10.3. The third kappa shape index (κ3) is 5.84. The van der Waals surface area contributed by atoms with Crippen LogP contribution >= 0.6 is 11.1 Å². The third-order valence-corrected chi connectivity index (χ3v) is 14.4. The molecule has 2 aromatic carbocycles. The van der Waals surface area contributed by atoms with Crippen LogP contribution in [0.5, 0.6) is 11.5 Å². The number of benzene rings is 2. The zero-order chi connectivity index (χ0) is 29.7. The fourth-order valence-corrected chi connectivity index (χ4v) is 7.39. The van der Waals surface area contributed by atoms with E-state index in [0.29, 0.717) is 36.8 Å². The fourth-order valence-electron chi connectivity index (χ4n) is 4.22. The van der Waals surface area contributed by atoms with Crippen LogP contribution in [0.1, 0.15) is 52.2 Å². The molecule has 2 heterocycles. The second-order valence-electron chi connectivity index (χ2n) is 12.1. The van der Waals surface area contributed by atoms with Gasteiger partial charge in [-0.15, -0.1) is 0 Å². The summed E-state index contributed by atoms with van der Waals surface area (Å²) in [5, 5.41) is 10.6. The first kappa shape index (κ1) is 30.2. The van der Waals surface area contributed by atoms with E-state index in [-0.39, 0.29) is 21.2 Å². The number of hydrogen-bond donors (Lipinski definition) is 2. The molecule has 12 heteroatoms. The summed E-state index contributed by atoms with van der Waals surface area (Å²) in [7, 11) is -1.94. The molecule has 218 valence electrons. The normalized spacial score (nSPS) is 22.1. The van der Waals surface area contributed by atoms with Crippen LogP contribution < -0.4 is 19.3 Å². The number of hydrogen-bond acceptors (Lipinski definition) is 7. The highest BCUT2D eigenvalue weighted by molar-refractivity contribution is 8.28. The molecule has 2 atom stereocenters. The minimum atomic E-state index is -4.71. The number of ether oxygens (including phenoxy) is 2. The molecule has 0 radical (unpaired) electrons. The molecule has 1 saturated heterocycles. The Hall–Kier alpha value is -2.72. The van der Waals surface area contributed by atoms with Gasteiger partial charge in [0.05, 0.1) is 36.1 Å². The second kappa shape index (κ2) is 10.6. The van der Waals surface area contributed by atoms with Gasteiger partial charge in [-0.1, -0.05) is 31.9 Å². The van der Waals surface area contributed by atoms with Gasteiger partial charge in [0.1, 0.15) is 11.6 Å². The highest BCUT2D eigenvalue weighted by atomic mass is 32.2. The Balaban J connectivity index is 1.56. The van der Waals surface area contributed by atoms with E-state index in [4.69, 9.17) is 19.2 Å². The molecule has 2 aliphatic heterocycles. The van der Waals surface area contributed by atoms with E-state index < -0.39 is 42.2 Å². The molecular formula is C28H36F3N3O4SSi. The average Bonchev–Trinajstić information content (AvgIpc) is 2.99. The number of thiol groups is 1. The Morgan fingerprint density at radius 3 is 2.50 bits per heavy atom. The van der Waals surface area contributed by atoms with Gasteiger partial charge in [-0.2, -0.15) is 23.3 Å². The van der Waals surface area contributed by atoms with Crippen LogP contribution in [0.3, 0.4) is 0 Å². The van der Waals surface area contributed by atoms with Gasteiger partial charge in [-0.05, 0) is 62.3 Å². The summed E-state index contributed by atoms with van der Waals surface area (Å²) in [5.74, 6) is 1.09. The maximum absolute atomic E-state index is 13.6. The van der Waals surface area contributed by atoms with Crippen LogP contribution in [-0.2, 0) is 15.4 Å². The average molecular weight is 596 g/mol. The van der Waals surface area contributed by atoms with Crippen molar-refractivity contribution in [3.05, 3.63) is 47.5 Å². The van der Waals surface area contributed by atoms with Crippen molar-refractivity contribution in [1.82, 2.24) is 4.83 Å². The first-order valence-corrected chi connectivity index (χ1v) is 17.3. The summed E-state index contributed by atoms with van der Waals surface area (Å²) in [4.78, 5) is 16.8. The van der Waals surface area contributed by atoms with Gasteiger partial charge in [-0.25, -0.2) is 0 Å². The highest BCUT2D eigenvalue weighted by Gasteiger charge is 2.47. The molecule has 0 aromatic heterocycles. The van der Waals surface area contributed by atoms with E-state index in [2.05, 4.69) is 38.7 Å². The number of nitrogens with one attached hydrogen (secondary N) is 1. The van der Waals surface area contributed by atoms with Crippen molar-refractivity contribution in [3.8, 4) is 17.6 Å². The number of nitrogens with zero attached hydrogens (tertiary/aromatic N) is 2. The maximum Gasteiger partial charge on any atom is 0.417 e. The van der Waals surface area contributed by atoms with Gasteiger partial charge in [0, 0.05) is 17.4 Å². The number of carbonyl (C=O) groups excluding carboxylic acids is 1. The quantitative estimate of drug-likeness (QED) is 0.293. The minimum absolute atomic E-state index is 0.0828. The summed E-state index contributed by atoms with van der Waals surface area (Å²) < 4.78 is 59.4. The van der Waals surface area contributed by atoms with Crippen molar-refractivity contribution >= 4 is 30.2 Å². The van der Waals surface area contributed by atoms with Crippen molar-refractivity contribution in [1.29, 1.82) is 5.26 Å². The van der Waals surface area contributed by atoms with Gasteiger partial charge in [0.25, 0.3) is 0 Å². The molecule has 0 amide bonds. The van der Waals surface area contributed by atoms with E-state index in [0.717, 1.165) is 12.1 Å². The van der Waals surface area contributed by atoms with Crippen LogP contribution in [0.25, 0.3) is 0 Å². The van der Waals surface area contributed by atoms with E-state index >= 15 is 0 Å². The monoisotopic (exact) mass is 595 g/mol. The first-order chi connectivity index (χ1) is 18.5. The number of alkyl halides is 3. The molecule has 2 unspecified atom stereocenters. The largest absolute Gasteiger partial charge is 0.489 e. The number of fused-ring (bicyclic) bond motifs is 1. The van der Waals surface area contributed by atoms with Gasteiger partial charge in [0.15, 0.2) is 19.8 Å². The predicted octanol–water partition coefficient (Wildman–Crippen LogP) is 6.73. The topological polar surface area (TPSA) is 83.8 Å². The smallest absolute Gasteiger partial charge is 0.417 e. The van der Waals surface area contributed by atoms with Crippen LogP contribution in [-0.4, -0.2) is 38.3 Å². The molecule has 4 rings (SSSR count). The number of hydrazine groups is 1. The van der Waals surface area contributed by atoms with Crippen LogP contribution in [0.2, 0.25) is 18.1 Å². The molecule has 7 nitrogen and oxygen atoms in total. The molecular weight excluding hydrogens is 559 g/mol. The zero-order valence-corrected chi connectivity index (χ0v) is 25.7. The number of halogens is 3. The standard InChI is InChI=1S/C28H36F3N3O4SSi/c1-26(2,3)40(6,7)37-17-20-12-13-36-24-14-19(9-11-23(24)38-20)34-27(4,5)25(35)39(33-34)21-10-8-18(16-32)22(15-21)28(29,30)31/h8-11,14-15,20,33,39H,12-13,17H2,1-7H3. The van der Waals surface area contributed by atoms with Crippen molar-refractivity contribution in [2.24, 2.45) is 0 Å². The second-order valence-corrected chi connectivity index (χ2v) is 18.7. The number of carbonyl (C=O) groups is 1. The SMILES string of the molecule is CC1(C)C(=O)[SH](c2ccc(C#N)c(C(F)(F)F)c2)NN1c1ccc2c(c1)OCCC(CO[Si](C)(C)C(C)(C)C)O2. The molecule has 2 aromatic rings.